The third-order valence-electron chi connectivity index (χ3n) is 6.47. The highest BCUT2D eigenvalue weighted by Gasteiger charge is 2.18. The van der Waals surface area contributed by atoms with E-state index < -0.39 is 0 Å². The Balaban J connectivity index is 1.22. The minimum atomic E-state index is 0.751. The molecule has 4 aromatic carbocycles. The molecule has 2 heterocycles. The van der Waals surface area contributed by atoms with Gasteiger partial charge in [0, 0.05) is 18.2 Å². The average Bonchev–Trinajstić information content (AvgIpc) is 3.51. The Morgan fingerprint density at radius 2 is 1.51 bits per heavy atom. The van der Waals surface area contributed by atoms with Crippen LogP contribution in [0.1, 0.15) is 18.9 Å². The summed E-state index contributed by atoms with van der Waals surface area (Å²) in [5.41, 5.74) is 10.4. The van der Waals surface area contributed by atoms with Crippen LogP contribution >= 0.6 is 0 Å². The molecule has 0 radical (unpaired) electrons. The molecule has 1 N–H and O–H groups in total. The van der Waals surface area contributed by atoms with Gasteiger partial charge in [-0.2, -0.15) is 0 Å². The first-order valence-electron chi connectivity index (χ1n) is 12.1. The quantitative estimate of drug-likeness (QED) is 0.329. The number of nitrogens with zero attached hydrogens (tertiary/aromatic N) is 1. The van der Waals surface area contributed by atoms with Crippen LogP contribution in [-0.2, 0) is 6.42 Å². The number of hydrogen-bond acceptors (Lipinski definition) is 3. The normalized spacial score (nSPS) is 15.3. The largest absolute Gasteiger partial charge is 0.439 e. The van der Waals surface area contributed by atoms with Gasteiger partial charge in [-0.25, -0.2) is 0 Å². The van der Waals surface area contributed by atoms with Gasteiger partial charge in [0.1, 0.15) is 0 Å². The molecule has 0 amide bonds. The van der Waals surface area contributed by atoms with Crippen LogP contribution in [0, 0.1) is 0 Å². The van der Waals surface area contributed by atoms with E-state index in [0.29, 0.717) is 0 Å². The molecule has 0 fully saturated rings. The molecule has 4 aromatic rings. The summed E-state index contributed by atoms with van der Waals surface area (Å²) in [6, 6.07) is 33.7. The maximum Gasteiger partial charge on any atom is 0.198 e. The van der Waals surface area contributed by atoms with Crippen molar-refractivity contribution in [3.05, 3.63) is 126 Å². The summed E-state index contributed by atoms with van der Waals surface area (Å²) in [6.07, 6.45) is 6.03. The van der Waals surface area contributed by atoms with Gasteiger partial charge < -0.3 is 10.1 Å². The molecule has 0 saturated heterocycles. The molecular formula is C32H26N2O. The maximum absolute atomic E-state index is 6.09. The lowest BCUT2D eigenvalue weighted by Crippen LogP contribution is -1.99. The highest BCUT2D eigenvalue weighted by molar-refractivity contribution is 6.03. The van der Waals surface area contributed by atoms with E-state index in [9.17, 15) is 0 Å². The van der Waals surface area contributed by atoms with Gasteiger partial charge in [0.2, 0.25) is 0 Å². The summed E-state index contributed by atoms with van der Waals surface area (Å²) in [4.78, 5) is 4.93. The number of rotatable bonds is 5. The molecule has 0 bridgehead atoms. The molecule has 6 rings (SSSR count). The number of fused-ring (bicyclic) bond motifs is 2. The van der Waals surface area contributed by atoms with Gasteiger partial charge in [-0.05, 0) is 64.1 Å². The molecule has 2 aliphatic rings. The summed E-state index contributed by atoms with van der Waals surface area (Å²) < 4.78 is 6.09. The molecule has 2 aliphatic heterocycles. The first-order chi connectivity index (χ1) is 17.2. The van der Waals surface area contributed by atoms with Crippen molar-refractivity contribution in [3.8, 4) is 28.0 Å². The van der Waals surface area contributed by atoms with Gasteiger partial charge in [-0.1, -0.05) is 85.8 Å². The van der Waals surface area contributed by atoms with Gasteiger partial charge in [-0.3, -0.25) is 4.99 Å². The second-order valence-corrected chi connectivity index (χ2v) is 8.87. The zero-order chi connectivity index (χ0) is 23.6. The van der Waals surface area contributed by atoms with Crippen molar-refractivity contribution in [3.63, 3.8) is 0 Å². The van der Waals surface area contributed by atoms with Gasteiger partial charge in [0.25, 0.3) is 0 Å². The van der Waals surface area contributed by atoms with Gasteiger partial charge >= 0.3 is 0 Å². The maximum atomic E-state index is 6.09. The van der Waals surface area contributed by atoms with Gasteiger partial charge in [0.15, 0.2) is 11.6 Å². The Hall–Kier alpha value is -4.37. The van der Waals surface area contributed by atoms with Crippen LogP contribution in [0.3, 0.4) is 0 Å². The van der Waals surface area contributed by atoms with Crippen molar-refractivity contribution >= 4 is 17.1 Å². The van der Waals surface area contributed by atoms with Gasteiger partial charge in [-0.15, -0.1) is 0 Å². The first-order valence-corrected chi connectivity index (χ1v) is 12.1. The SMILES string of the molecule is CCC(/C=C1/Nc2cc(-c3ccccc3)ccc2O1)=C\C1=Nc2cc(-c3ccccc3)ccc2C1. The Morgan fingerprint density at radius 3 is 2.23 bits per heavy atom. The molecule has 0 unspecified atom stereocenters. The lowest BCUT2D eigenvalue weighted by Gasteiger charge is -2.03. The molecule has 35 heavy (non-hydrogen) atoms. The zero-order valence-electron chi connectivity index (χ0n) is 19.7. The third-order valence-corrected chi connectivity index (χ3v) is 6.47. The fraction of sp³-hybridized carbons (Fsp3) is 0.0938. The van der Waals surface area contributed by atoms with Crippen LogP contribution in [-0.4, -0.2) is 5.71 Å². The smallest absolute Gasteiger partial charge is 0.198 e. The summed E-state index contributed by atoms with van der Waals surface area (Å²) in [7, 11) is 0. The molecule has 3 nitrogen and oxygen atoms in total. The summed E-state index contributed by atoms with van der Waals surface area (Å²) in [5.74, 6) is 1.60. The fourth-order valence-electron chi connectivity index (χ4n) is 4.60. The topological polar surface area (TPSA) is 33.6 Å². The number of ether oxygens (including phenoxy) is 1. The number of allylic oxidation sites excluding steroid dienone is 3. The van der Waals surface area contributed by atoms with Crippen LogP contribution in [0.2, 0.25) is 0 Å². The van der Waals surface area contributed by atoms with Crippen molar-refractivity contribution in [2.24, 2.45) is 4.99 Å². The second kappa shape index (κ2) is 9.11. The monoisotopic (exact) mass is 454 g/mol. The average molecular weight is 455 g/mol. The predicted octanol–water partition coefficient (Wildman–Crippen LogP) is 8.33. The number of hydrogen-bond donors (Lipinski definition) is 1. The van der Waals surface area contributed by atoms with E-state index in [1.165, 1.54) is 33.4 Å². The Kier molecular flexibility index (Phi) is 5.51. The molecule has 0 saturated carbocycles. The Morgan fingerprint density at radius 1 is 0.829 bits per heavy atom. The lowest BCUT2D eigenvalue weighted by molar-refractivity contribution is 0.456. The van der Waals surface area contributed by atoms with Crippen molar-refractivity contribution in [2.75, 3.05) is 5.32 Å². The fourth-order valence-corrected chi connectivity index (χ4v) is 4.60. The minimum absolute atomic E-state index is 0.751. The highest BCUT2D eigenvalue weighted by Crippen LogP contribution is 2.37. The molecule has 0 spiro atoms. The van der Waals surface area contributed by atoms with Crippen molar-refractivity contribution in [1.82, 2.24) is 0 Å². The molecular weight excluding hydrogens is 428 g/mol. The molecule has 3 heteroatoms. The van der Waals surface area contributed by atoms with E-state index in [2.05, 4.69) is 103 Å². The van der Waals surface area contributed by atoms with E-state index in [-0.39, 0.29) is 0 Å². The molecule has 170 valence electrons. The first kappa shape index (κ1) is 21.2. The summed E-state index contributed by atoms with van der Waals surface area (Å²) in [6.45, 7) is 2.16. The second-order valence-electron chi connectivity index (χ2n) is 8.87. The number of benzene rings is 4. The number of aliphatic imine (C=N–C) groups is 1. The van der Waals surface area contributed by atoms with Crippen LogP contribution in [0.4, 0.5) is 11.4 Å². The highest BCUT2D eigenvalue weighted by atomic mass is 16.5. The van der Waals surface area contributed by atoms with E-state index in [1.54, 1.807) is 0 Å². The van der Waals surface area contributed by atoms with E-state index in [4.69, 9.17) is 9.73 Å². The molecule has 0 aliphatic carbocycles. The van der Waals surface area contributed by atoms with Crippen LogP contribution < -0.4 is 10.1 Å². The third kappa shape index (κ3) is 4.41. The molecule has 0 atom stereocenters. The van der Waals surface area contributed by atoms with Crippen molar-refractivity contribution in [2.45, 2.75) is 19.8 Å². The summed E-state index contributed by atoms with van der Waals surface area (Å²) >= 11 is 0. The Labute approximate surface area is 206 Å². The van der Waals surface area contributed by atoms with E-state index in [1.807, 2.05) is 18.2 Å². The van der Waals surface area contributed by atoms with E-state index >= 15 is 0 Å². The van der Waals surface area contributed by atoms with Crippen LogP contribution in [0.15, 0.2) is 126 Å². The van der Waals surface area contributed by atoms with Crippen molar-refractivity contribution < 1.29 is 4.74 Å². The lowest BCUT2D eigenvalue weighted by atomic mass is 10.0. The van der Waals surface area contributed by atoms with Gasteiger partial charge in [0.05, 0.1) is 11.4 Å². The summed E-state index contributed by atoms with van der Waals surface area (Å²) in [5, 5.41) is 3.44. The molecule has 0 aromatic heterocycles. The standard InChI is InChI=1S/C32H26N2O/c1-2-22(17-28-19-27-14-13-25(20-29(27)33-28)23-9-5-3-6-10-23)18-32-34-30-21-26(15-16-31(30)35-32)24-11-7-4-8-12-24/h3-18,20-21,34H,2,19H2,1H3/b22-17+,32-18-. The van der Waals surface area contributed by atoms with Crippen LogP contribution in [0.5, 0.6) is 5.75 Å². The van der Waals surface area contributed by atoms with Crippen LogP contribution in [0.25, 0.3) is 22.3 Å². The predicted molar refractivity (Wildman–Crippen MR) is 145 cm³/mol. The van der Waals surface area contributed by atoms with Crippen molar-refractivity contribution in [1.29, 1.82) is 0 Å². The Bertz CT molecular complexity index is 1480. The van der Waals surface area contributed by atoms with E-state index in [0.717, 1.165) is 41.6 Å². The minimum Gasteiger partial charge on any atom is -0.439 e. The zero-order valence-corrected chi connectivity index (χ0v) is 19.7. The number of nitrogens with one attached hydrogen (secondary N) is 1. The number of anilines is 1.